The molecule has 1 aromatic carbocycles. The first kappa shape index (κ1) is 18.4. The molecular formula is C22H27N5O2. The van der Waals surface area contributed by atoms with Gasteiger partial charge in [0.15, 0.2) is 0 Å². The summed E-state index contributed by atoms with van der Waals surface area (Å²) in [6, 6.07) is 12.9. The van der Waals surface area contributed by atoms with E-state index >= 15 is 0 Å². The Bertz CT molecular complexity index is 947. The van der Waals surface area contributed by atoms with Crippen molar-refractivity contribution < 1.29 is 9.53 Å². The number of likely N-dealkylation sites (tertiary alicyclic amines) is 1. The van der Waals surface area contributed by atoms with E-state index in [1.165, 1.54) is 16.6 Å². The molecular weight excluding hydrogens is 366 g/mol. The van der Waals surface area contributed by atoms with Gasteiger partial charge < -0.3 is 15.0 Å². The number of aromatic amines is 1. The van der Waals surface area contributed by atoms with Crippen molar-refractivity contribution in [3.8, 4) is 0 Å². The Morgan fingerprint density at radius 3 is 2.86 bits per heavy atom. The maximum atomic E-state index is 12.4. The fourth-order valence-corrected chi connectivity index (χ4v) is 4.46. The van der Waals surface area contributed by atoms with E-state index in [-0.39, 0.29) is 11.8 Å². The molecule has 152 valence electrons. The molecule has 7 nitrogen and oxygen atoms in total. The minimum absolute atomic E-state index is 0.0421. The van der Waals surface area contributed by atoms with Gasteiger partial charge in [-0.3, -0.25) is 9.69 Å². The van der Waals surface area contributed by atoms with Crippen LogP contribution in [0.5, 0.6) is 0 Å². The first-order valence-corrected chi connectivity index (χ1v) is 10.5. The molecule has 0 bridgehead atoms. The minimum Gasteiger partial charge on any atom is -0.381 e. The third kappa shape index (κ3) is 3.93. The third-order valence-corrected chi connectivity index (χ3v) is 6.10. The normalized spacial score (nSPS) is 21.0. The number of anilines is 1. The topological polar surface area (TPSA) is 75.2 Å². The molecule has 5 rings (SSSR count). The highest BCUT2D eigenvalue weighted by Crippen LogP contribution is 2.27. The summed E-state index contributed by atoms with van der Waals surface area (Å²) < 4.78 is 7.33. The molecule has 2 aromatic heterocycles. The highest BCUT2D eigenvalue weighted by atomic mass is 16.5. The molecule has 7 heteroatoms. The second-order valence-corrected chi connectivity index (χ2v) is 8.10. The monoisotopic (exact) mass is 393 g/mol. The lowest BCUT2D eigenvalue weighted by atomic mass is 10.0. The van der Waals surface area contributed by atoms with Crippen molar-refractivity contribution >= 4 is 22.6 Å². The van der Waals surface area contributed by atoms with Gasteiger partial charge in [-0.2, -0.15) is 5.10 Å². The van der Waals surface area contributed by atoms with Crippen molar-refractivity contribution in [1.82, 2.24) is 19.7 Å². The Morgan fingerprint density at radius 1 is 1.21 bits per heavy atom. The molecule has 2 N–H and O–H groups in total. The molecule has 2 saturated heterocycles. The molecule has 3 aromatic rings. The van der Waals surface area contributed by atoms with E-state index in [1.807, 2.05) is 10.7 Å². The molecule has 4 heterocycles. The van der Waals surface area contributed by atoms with E-state index in [9.17, 15) is 4.79 Å². The molecule has 0 radical (unpaired) electrons. The molecule has 0 spiro atoms. The Hall–Kier alpha value is -2.64. The first-order valence-electron chi connectivity index (χ1n) is 10.5. The van der Waals surface area contributed by atoms with Crippen LogP contribution in [0.25, 0.3) is 10.9 Å². The summed E-state index contributed by atoms with van der Waals surface area (Å²) in [6.45, 7) is 4.16. The lowest BCUT2D eigenvalue weighted by Gasteiger charge is -2.32. The molecule has 2 fully saturated rings. The highest BCUT2D eigenvalue weighted by Gasteiger charge is 2.27. The number of para-hydroxylation sites is 1. The van der Waals surface area contributed by atoms with Crippen LogP contribution in [0.2, 0.25) is 0 Å². The van der Waals surface area contributed by atoms with Gasteiger partial charge in [0.05, 0.1) is 24.8 Å². The van der Waals surface area contributed by atoms with Crippen LogP contribution in [0.1, 0.15) is 31.0 Å². The largest absolute Gasteiger partial charge is 0.381 e. The Morgan fingerprint density at radius 2 is 2.07 bits per heavy atom. The summed E-state index contributed by atoms with van der Waals surface area (Å²) in [5, 5.41) is 8.83. The Balaban J connectivity index is 1.19. The van der Waals surface area contributed by atoms with Crippen LogP contribution in [0, 0.1) is 5.92 Å². The summed E-state index contributed by atoms with van der Waals surface area (Å²) in [5.41, 5.74) is 2.46. The van der Waals surface area contributed by atoms with E-state index in [0.29, 0.717) is 19.3 Å². The number of hydrogen-bond acceptors (Lipinski definition) is 4. The quantitative estimate of drug-likeness (QED) is 0.698. The van der Waals surface area contributed by atoms with Gasteiger partial charge in [-0.1, -0.05) is 18.2 Å². The summed E-state index contributed by atoms with van der Waals surface area (Å²) in [7, 11) is 0. The smallest absolute Gasteiger partial charge is 0.231 e. The van der Waals surface area contributed by atoms with Crippen molar-refractivity contribution in [3.63, 3.8) is 0 Å². The average molecular weight is 393 g/mol. The number of H-pyrrole nitrogens is 1. The summed E-state index contributed by atoms with van der Waals surface area (Å²) in [4.78, 5) is 18.4. The minimum atomic E-state index is -0.0449. The number of piperidine rings is 1. The van der Waals surface area contributed by atoms with Crippen molar-refractivity contribution in [2.45, 2.75) is 31.8 Å². The maximum Gasteiger partial charge on any atom is 0.231 e. The van der Waals surface area contributed by atoms with Crippen molar-refractivity contribution in [3.05, 3.63) is 48.3 Å². The predicted molar refractivity (Wildman–Crippen MR) is 112 cm³/mol. The lowest BCUT2D eigenvalue weighted by molar-refractivity contribution is -0.119. The van der Waals surface area contributed by atoms with Gasteiger partial charge in [0.25, 0.3) is 0 Å². The summed E-state index contributed by atoms with van der Waals surface area (Å²) in [5.74, 6) is 0.799. The summed E-state index contributed by atoms with van der Waals surface area (Å²) >= 11 is 0. The molecule has 1 atom stereocenters. The standard InChI is InChI=1S/C22H27N5O2/c28-22(17-8-12-29-15-17)25-21-5-9-23-27(21)19-6-10-26(11-7-19)14-18-13-16-3-1-2-4-20(16)24-18/h1-5,9,13,17,19,24H,6-8,10-12,14-15H2,(H,25,28). The van der Waals surface area contributed by atoms with Crippen LogP contribution in [-0.4, -0.2) is 51.9 Å². The van der Waals surface area contributed by atoms with Gasteiger partial charge in [0.1, 0.15) is 5.82 Å². The van der Waals surface area contributed by atoms with Gasteiger partial charge in [-0.15, -0.1) is 0 Å². The number of rotatable bonds is 5. The fraction of sp³-hybridized carbons (Fsp3) is 0.455. The molecule has 1 unspecified atom stereocenters. The third-order valence-electron chi connectivity index (χ3n) is 6.10. The zero-order valence-electron chi connectivity index (χ0n) is 16.5. The van der Waals surface area contributed by atoms with Crippen LogP contribution in [0.15, 0.2) is 42.6 Å². The SMILES string of the molecule is O=C(Nc1ccnn1C1CCN(Cc2cc3ccccc3[nH]2)CC1)C1CCOC1. The van der Waals surface area contributed by atoms with Crippen LogP contribution < -0.4 is 5.32 Å². The van der Waals surface area contributed by atoms with Crippen LogP contribution in [0.3, 0.4) is 0 Å². The number of aromatic nitrogens is 3. The lowest BCUT2D eigenvalue weighted by Crippen LogP contribution is -2.35. The number of benzene rings is 1. The van der Waals surface area contributed by atoms with Gasteiger partial charge in [-0.25, -0.2) is 4.68 Å². The zero-order chi connectivity index (χ0) is 19.6. The second-order valence-electron chi connectivity index (χ2n) is 8.10. The number of hydrogen-bond donors (Lipinski definition) is 2. The van der Waals surface area contributed by atoms with E-state index in [0.717, 1.165) is 44.7 Å². The number of carbonyl (C=O) groups is 1. The molecule has 29 heavy (non-hydrogen) atoms. The fourth-order valence-electron chi connectivity index (χ4n) is 4.46. The molecule has 2 aliphatic heterocycles. The van der Waals surface area contributed by atoms with Crippen molar-refractivity contribution in [1.29, 1.82) is 0 Å². The van der Waals surface area contributed by atoms with E-state index in [1.54, 1.807) is 6.20 Å². The van der Waals surface area contributed by atoms with Gasteiger partial charge in [-0.05, 0) is 36.8 Å². The van der Waals surface area contributed by atoms with E-state index in [2.05, 4.69) is 50.6 Å². The van der Waals surface area contributed by atoms with Gasteiger partial charge >= 0.3 is 0 Å². The van der Waals surface area contributed by atoms with Crippen molar-refractivity contribution in [2.75, 3.05) is 31.6 Å². The predicted octanol–water partition coefficient (Wildman–Crippen LogP) is 3.18. The second kappa shape index (κ2) is 8.00. The Labute approximate surface area is 170 Å². The van der Waals surface area contributed by atoms with Crippen molar-refractivity contribution in [2.24, 2.45) is 5.92 Å². The van der Waals surface area contributed by atoms with E-state index < -0.39 is 0 Å². The van der Waals surface area contributed by atoms with E-state index in [4.69, 9.17) is 4.74 Å². The van der Waals surface area contributed by atoms with Gasteiger partial charge in [0, 0.05) is 43.5 Å². The highest BCUT2D eigenvalue weighted by molar-refractivity contribution is 5.92. The molecule has 1 amide bonds. The maximum absolute atomic E-state index is 12.4. The molecule has 0 saturated carbocycles. The Kier molecular flexibility index (Phi) is 5.08. The summed E-state index contributed by atoms with van der Waals surface area (Å²) in [6.07, 6.45) is 4.62. The van der Waals surface area contributed by atoms with Crippen LogP contribution >= 0.6 is 0 Å². The average Bonchev–Trinajstić information content (AvgIpc) is 3.49. The number of nitrogens with one attached hydrogen (secondary N) is 2. The number of fused-ring (bicyclic) bond motifs is 1. The number of nitrogens with zero attached hydrogens (tertiary/aromatic N) is 3. The van der Waals surface area contributed by atoms with Crippen LogP contribution in [-0.2, 0) is 16.1 Å². The first-order chi connectivity index (χ1) is 14.3. The number of ether oxygens (including phenoxy) is 1. The molecule has 2 aliphatic rings. The molecule has 0 aliphatic carbocycles. The van der Waals surface area contributed by atoms with Gasteiger partial charge in [0.2, 0.25) is 5.91 Å². The number of amides is 1. The number of carbonyl (C=O) groups excluding carboxylic acids is 1. The zero-order valence-corrected chi connectivity index (χ0v) is 16.5. The van der Waals surface area contributed by atoms with Crippen LogP contribution in [0.4, 0.5) is 5.82 Å².